The van der Waals surface area contributed by atoms with E-state index in [-0.39, 0.29) is 6.61 Å². The fraction of sp³-hybridized carbons (Fsp3) is 0.250. The van der Waals surface area contributed by atoms with E-state index in [0.29, 0.717) is 5.02 Å². The molecule has 2 rings (SSSR count). The first-order chi connectivity index (χ1) is 9.22. The third-order valence-electron chi connectivity index (χ3n) is 3.24. The number of benzene rings is 2. The maximum absolute atomic E-state index is 9.42. The molecule has 0 radical (unpaired) electrons. The minimum absolute atomic E-state index is 0.0370. The summed E-state index contributed by atoms with van der Waals surface area (Å²) in [5.41, 5.74) is 3.09. The Labute approximate surface area is 119 Å². The number of hydrogen-bond donors (Lipinski definition) is 1. The lowest BCUT2D eigenvalue weighted by molar-refractivity contribution is 0.282. The third kappa shape index (κ3) is 3.49. The van der Waals surface area contributed by atoms with Crippen molar-refractivity contribution in [3.63, 3.8) is 0 Å². The first kappa shape index (κ1) is 13.9. The van der Waals surface area contributed by atoms with Crippen molar-refractivity contribution in [2.45, 2.75) is 13.0 Å². The third-order valence-corrected chi connectivity index (χ3v) is 3.60. The van der Waals surface area contributed by atoms with E-state index < -0.39 is 0 Å². The minimum atomic E-state index is -0.0370. The van der Waals surface area contributed by atoms with Crippen molar-refractivity contribution in [2.75, 3.05) is 18.5 Å². The number of likely N-dealkylation sites (N-methyl/N-ethyl adjacent to an activating group) is 1. The van der Waals surface area contributed by atoms with Gasteiger partial charge in [0.25, 0.3) is 0 Å². The zero-order valence-electron chi connectivity index (χ0n) is 11.0. The Bertz CT molecular complexity index is 528. The molecule has 0 atom stereocenters. The Kier molecular flexibility index (Phi) is 4.83. The Morgan fingerprint density at radius 2 is 1.79 bits per heavy atom. The monoisotopic (exact) mass is 275 g/mol. The number of halogens is 1. The van der Waals surface area contributed by atoms with Gasteiger partial charge in [-0.25, -0.2) is 0 Å². The Morgan fingerprint density at radius 3 is 2.47 bits per heavy atom. The van der Waals surface area contributed by atoms with Crippen LogP contribution in [0.3, 0.4) is 0 Å². The minimum Gasteiger partial charge on any atom is -0.392 e. The molecule has 0 aromatic heterocycles. The topological polar surface area (TPSA) is 23.5 Å². The number of anilines is 1. The summed E-state index contributed by atoms with van der Waals surface area (Å²) in [7, 11) is 2.02. The van der Waals surface area contributed by atoms with E-state index in [4.69, 9.17) is 11.6 Å². The van der Waals surface area contributed by atoms with E-state index >= 15 is 0 Å². The van der Waals surface area contributed by atoms with Crippen LogP contribution in [0.15, 0.2) is 48.5 Å². The molecular formula is C16H18ClNO. The molecule has 2 nitrogen and oxygen atoms in total. The molecule has 0 unspecified atom stereocenters. The van der Waals surface area contributed by atoms with E-state index in [2.05, 4.69) is 17.0 Å². The summed E-state index contributed by atoms with van der Waals surface area (Å²) in [6.07, 6.45) is 0.967. The van der Waals surface area contributed by atoms with Gasteiger partial charge in [-0.15, -0.1) is 0 Å². The molecule has 0 spiro atoms. The van der Waals surface area contributed by atoms with Crippen molar-refractivity contribution in [2.24, 2.45) is 0 Å². The van der Waals surface area contributed by atoms with Crippen LogP contribution in [0.4, 0.5) is 5.69 Å². The average molecular weight is 276 g/mol. The Hall–Kier alpha value is -1.51. The van der Waals surface area contributed by atoms with Crippen LogP contribution in [0, 0.1) is 0 Å². The van der Waals surface area contributed by atoms with Crippen molar-refractivity contribution in [3.05, 3.63) is 64.7 Å². The maximum Gasteiger partial charge on any atom is 0.0716 e. The largest absolute Gasteiger partial charge is 0.392 e. The van der Waals surface area contributed by atoms with Gasteiger partial charge in [0.05, 0.1) is 6.61 Å². The summed E-state index contributed by atoms with van der Waals surface area (Å²) in [4.78, 5) is 2.13. The van der Waals surface area contributed by atoms with E-state index in [9.17, 15) is 5.11 Å². The zero-order valence-corrected chi connectivity index (χ0v) is 11.8. The van der Waals surface area contributed by atoms with Crippen molar-refractivity contribution < 1.29 is 5.11 Å². The van der Waals surface area contributed by atoms with Crippen LogP contribution in [0.2, 0.25) is 5.02 Å². The number of nitrogens with zero attached hydrogens (tertiary/aromatic N) is 1. The standard InChI is InChI=1S/C16H18ClNO/c1-18(11-10-13-6-3-2-4-7-13)16-9-5-8-15(17)14(16)12-19/h2-9,19H,10-12H2,1H3. The first-order valence-electron chi connectivity index (χ1n) is 6.35. The number of rotatable bonds is 5. The highest BCUT2D eigenvalue weighted by atomic mass is 35.5. The van der Waals surface area contributed by atoms with Crippen molar-refractivity contribution >= 4 is 17.3 Å². The fourth-order valence-corrected chi connectivity index (χ4v) is 2.35. The molecule has 2 aromatic carbocycles. The SMILES string of the molecule is CN(CCc1ccccc1)c1cccc(Cl)c1CO. The molecule has 3 heteroatoms. The lowest BCUT2D eigenvalue weighted by Crippen LogP contribution is -2.21. The van der Waals surface area contributed by atoms with Gasteiger partial charge in [0.2, 0.25) is 0 Å². The molecule has 0 amide bonds. The molecule has 2 aromatic rings. The second-order valence-electron chi connectivity index (χ2n) is 4.55. The Morgan fingerprint density at radius 1 is 1.05 bits per heavy atom. The van der Waals surface area contributed by atoms with Gasteiger partial charge < -0.3 is 10.0 Å². The lowest BCUT2D eigenvalue weighted by Gasteiger charge is -2.22. The van der Waals surface area contributed by atoms with Crippen LogP contribution in [0.1, 0.15) is 11.1 Å². The van der Waals surface area contributed by atoms with Gasteiger partial charge in [0.15, 0.2) is 0 Å². The van der Waals surface area contributed by atoms with E-state index in [1.54, 1.807) is 0 Å². The summed E-state index contributed by atoms with van der Waals surface area (Å²) in [6, 6.07) is 16.1. The van der Waals surface area contributed by atoms with Gasteiger partial charge in [-0.3, -0.25) is 0 Å². The molecule has 100 valence electrons. The molecule has 0 saturated carbocycles. The molecule has 0 aliphatic carbocycles. The molecule has 0 heterocycles. The molecular weight excluding hydrogens is 258 g/mol. The Balaban J connectivity index is 2.08. The molecule has 1 N–H and O–H groups in total. The lowest BCUT2D eigenvalue weighted by atomic mass is 10.1. The highest BCUT2D eigenvalue weighted by molar-refractivity contribution is 6.31. The summed E-state index contributed by atoms with van der Waals surface area (Å²) in [5.74, 6) is 0. The molecule has 0 aliphatic rings. The normalized spacial score (nSPS) is 10.5. The van der Waals surface area contributed by atoms with Gasteiger partial charge >= 0.3 is 0 Å². The number of hydrogen-bond acceptors (Lipinski definition) is 2. The van der Waals surface area contributed by atoms with Crippen LogP contribution in [0.25, 0.3) is 0 Å². The van der Waals surface area contributed by atoms with Gasteiger partial charge in [-0.2, -0.15) is 0 Å². The highest BCUT2D eigenvalue weighted by Crippen LogP contribution is 2.26. The maximum atomic E-state index is 9.42. The first-order valence-corrected chi connectivity index (χ1v) is 6.73. The summed E-state index contributed by atoms with van der Waals surface area (Å²) >= 11 is 6.10. The fourth-order valence-electron chi connectivity index (χ4n) is 2.12. The number of aliphatic hydroxyl groups is 1. The summed E-state index contributed by atoms with van der Waals surface area (Å²) < 4.78 is 0. The van der Waals surface area contributed by atoms with E-state index in [0.717, 1.165) is 24.2 Å². The second kappa shape index (κ2) is 6.60. The van der Waals surface area contributed by atoms with E-state index in [1.807, 2.05) is 43.4 Å². The number of aliphatic hydroxyl groups excluding tert-OH is 1. The zero-order chi connectivity index (χ0) is 13.7. The van der Waals surface area contributed by atoms with Crippen molar-refractivity contribution in [3.8, 4) is 0 Å². The molecule has 0 fully saturated rings. The van der Waals surface area contributed by atoms with E-state index in [1.165, 1.54) is 5.56 Å². The van der Waals surface area contributed by atoms with Crippen LogP contribution < -0.4 is 4.90 Å². The van der Waals surface area contributed by atoms with Gasteiger partial charge in [-0.1, -0.05) is 48.0 Å². The predicted molar refractivity (Wildman–Crippen MR) is 80.8 cm³/mol. The molecule has 0 saturated heterocycles. The van der Waals surface area contributed by atoms with Crippen LogP contribution in [-0.2, 0) is 13.0 Å². The second-order valence-corrected chi connectivity index (χ2v) is 4.96. The molecule has 19 heavy (non-hydrogen) atoms. The molecule has 0 aliphatic heterocycles. The highest BCUT2D eigenvalue weighted by Gasteiger charge is 2.09. The summed E-state index contributed by atoms with van der Waals surface area (Å²) in [6.45, 7) is 0.849. The predicted octanol–water partition coefficient (Wildman–Crippen LogP) is 3.51. The quantitative estimate of drug-likeness (QED) is 0.903. The van der Waals surface area contributed by atoms with Crippen molar-refractivity contribution in [1.29, 1.82) is 0 Å². The summed E-state index contributed by atoms with van der Waals surface area (Å²) in [5, 5.41) is 10.0. The van der Waals surface area contributed by atoms with Gasteiger partial charge in [-0.05, 0) is 24.1 Å². The van der Waals surface area contributed by atoms with Crippen LogP contribution >= 0.6 is 11.6 Å². The van der Waals surface area contributed by atoms with Gasteiger partial charge in [0.1, 0.15) is 0 Å². The smallest absolute Gasteiger partial charge is 0.0716 e. The van der Waals surface area contributed by atoms with Crippen LogP contribution in [0.5, 0.6) is 0 Å². The molecule has 0 bridgehead atoms. The van der Waals surface area contributed by atoms with Crippen molar-refractivity contribution in [1.82, 2.24) is 0 Å². The van der Waals surface area contributed by atoms with Gasteiger partial charge in [0, 0.05) is 29.9 Å². The van der Waals surface area contributed by atoms with Crippen LogP contribution in [-0.4, -0.2) is 18.7 Å². The average Bonchev–Trinajstić information content (AvgIpc) is 2.45.